The maximum Gasteiger partial charge on any atom is 0.109 e. The Labute approximate surface area is 85.5 Å². The van der Waals surface area contributed by atoms with Crippen LogP contribution >= 0.6 is 15.9 Å². The Morgan fingerprint density at radius 2 is 2.15 bits per heavy atom. The highest BCUT2D eigenvalue weighted by Gasteiger charge is 2.07. The van der Waals surface area contributed by atoms with E-state index in [-0.39, 0.29) is 0 Å². The van der Waals surface area contributed by atoms with Gasteiger partial charge in [0.15, 0.2) is 0 Å². The molecule has 0 aliphatic rings. The minimum atomic E-state index is 0.444. The smallest absolute Gasteiger partial charge is 0.109 e. The number of aromatic amines is 1. The van der Waals surface area contributed by atoms with Crippen molar-refractivity contribution in [2.24, 2.45) is 0 Å². The van der Waals surface area contributed by atoms with E-state index in [4.69, 9.17) is 0 Å². The summed E-state index contributed by atoms with van der Waals surface area (Å²) < 4.78 is 1.05. The van der Waals surface area contributed by atoms with Gasteiger partial charge in [-0.3, -0.25) is 0 Å². The Kier molecular flexibility index (Phi) is 2.12. The van der Waals surface area contributed by atoms with Crippen molar-refractivity contribution < 1.29 is 0 Å². The number of nitrogens with one attached hydrogen (secondary N) is 1. The van der Waals surface area contributed by atoms with Gasteiger partial charge in [-0.05, 0) is 28.1 Å². The van der Waals surface area contributed by atoms with Crippen molar-refractivity contribution in [3.05, 3.63) is 28.5 Å². The van der Waals surface area contributed by atoms with Crippen molar-refractivity contribution in [1.82, 2.24) is 9.97 Å². The van der Waals surface area contributed by atoms with Gasteiger partial charge in [-0.1, -0.05) is 19.9 Å². The van der Waals surface area contributed by atoms with Crippen LogP contribution in [0.5, 0.6) is 0 Å². The second-order valence-electron chi connectivity index (χ2n) is 3.41. The van der Waals surface area contributed by atoms with E-state index in [9.17, 15) is 0 Å². The largest absolute Gasteiger partial charge is 0.342 e. The molecule has 0 aliphatic carbocycles. The van der Waals surface area contributed by atoms with Crippen LogP contribution in [0.15, 0.2) is 22.7 Å². The first-order valence-electron chi connectivity index (χ1n) is 4.32. The number of aromatic nitrogens is 2. The number of fused-ring (bicyclic) bond motifs is 1. The van der Waals surface area contributed by atoms with E-state index in [1.807, 2.05) is 18.2 Å². The second kappa shape index (κ2) is 3.14. The van der Waals surface area contributed by atoms with E-state index in [1.165, 1.54) is 0 Å². The zero-order chi connectivity index (χ0) is 9.42. The molecule has 13 heavy (non-hydrogen) atoms. The van der Waals surface area contributed by atoms with Crippen molar-refractivity contribution in [2.75, 3.05) is 0 Å². The van der Waals surface area contributed by atoms with Crippen molar-refractivity contribution >= 4 is 27.0 Å². The van der Waals surface area contributed by atoms with E-state index in [2.05, 4.69) is 39.7 Å². The fraction of sp³-hybridized carbons (Fsp3) is 0.300. The van der Waals surface area contributed by atoms with Gasteiger partial charge in [0, 0.05) is 10.4 Å². The van der Waals surface area contributed by atoms with Crippen LogP contribution in [-0.4, -0.2) is 9.97 Å². The van der Waals surface area contributed by atoms with Gasteiger partial charge >= 0.3 is 0 Å². The topological polar surface area (TPSA) is 28.7 Å². The predicted octanol–water partition coefficient (Wildman–Crippen LogP) is 3.45. The first-order valence-corrected chi connectivity index (χ1v) is 5.12. The molecule has 0 saturated heterocycles. The van der Waals surface area contributed by atoms with Gasteiger partial charge in [-0.2, -0.15) is 0 Å². The summed E-state index contributed by atoms with van der Waals surface area (Å²) in [6.45, 7) is 4.26. The summed E-state index contributed by atoms with van der Waals surface area (Å²) in [4.78, 5) is 7.80. The van der Waals surface area contributed by atoms with Crippen molar-refractivity contribution in [3.8, 4) is 0 Å². The van der Waals surface area contributed by atoms with Gasteiger partial charge in [-0.25, -0.2) is 4.98 Å². The highest BCUT2D eigenvalue weighted by molar-refractivity contribution is 9.10. The van der Waals surface area contributed by atoms with E-state index in [1.54, 1.807) is 0 Å². The molecule has 1 aromatic heterocycles. The molecule has 0 saturated carbocycles. The predicted molar refractivity (Wildman–Crippen MR) is 57.9 cm³/mol. The average Bonchev–Trinajstić information content (AvgIpc) is 2.49. The van der Waals surface area contributed by atoms with Gasteiger partial charge in [-0.15, -0.1) is 0 Å². The summed E-state index contributed by atoms with van der Waals surface area (Å²) in [5.74, 6) is 1.49. The van der Waals surface area contributed by atoms with E-state index < -0.39 is 0 Å². The van der Waals surface area contributed by atoms with Gasteiger partial charge in [0.1, 0.15) is 11.3 Å². The summed E-state index contributed by atoms with van der Waals surface area (Å²) in [5, 5.41) is 0. The molecule has 68 valence electrons. The van der Waals surface area contributed by atoms with Crippen LogP contribution in [0, 0.1) is 0 Å². The Bertz CT molecular complexity index is 431. The molecule has 2 nitrogen and oxygen atoms in total. The van der Waals surface area contributed by atoms with Crippen LogP contribution in [-0.2, 0) is 0 Å². The Balaban J connectivity index is 2.68. The third kappa shape index (κ3) is 1.48. The monoisotopic (exact) mass is 238 g/mol. The number of rotatable bonds is 1. The van der Waals surface area contributed by atoms with Crippen LogP contribution in [0.4, 0.5) is 0 Å². The number of hydrogen-bond acceptors (Lipinski definition) is 1. The summed E-state index contributed by atoms with van der Waals surface area (Å²) in [6, 6.07) is 6.06. The number of halogens is 1. The fourth-order valence-corrected chi connectivity index (χ4v) is 1.74. The number of benzene rings is 1. The third-order valence-electron chi connectivity index (χ3n) is 2.03. The summed E-state index contributed by atoms with van der Waals surface area (Å²) in [6.07, 6.45) is 0. The molecule has 2 aromatic rings. The molecule has 1 heterocycles. The summed E-state index contributed by atoms with van der Waals surface area (Å²) in [5.41, 5.74) is 2.12. The van der Waals surface area contributed by atoms with E-state index >= 15 is 0 Å². The van der Waals surface area contributed by atoms with Crippen LogP contribution in [0.25, 0.3) is 11.0 Å². The highest BCUT2D eigenvalue weighted by atomic mass is 79.9. The standard InChI is InChI=1S/C10H11BrN2/c1-6(2)10-12-8-5-3-4-7(11)9(8)13-10/h3-6H,1-2H3,(H,12,13). The molecular weight excluding hydrogens is 228 g/mol. The summed E-state index contributed by atoms with van der Waals surface area (Å²) in [7, 11) is 0. The van der Waals surface area contributed by atoms with Crippen molar-refractivity contribution in [3.63, 3.8) is 0 Å². The maximum atomic E-state index is 4.51. The molecule has 3 heteroatoms. The Morgan fingerprint density at radius 1 is 1.38 bits per heavy atom. The molecule has 2 rings (SSSR count). The SMILES string of the molecule is CC(C)c1nc2c(Br)cccc2[nH]1. The molecule has 0 spiro atoms. The maximum absolute atomic E-state index is 4.51. The minimum Gasteiger partial charge on any atom is -0.342 e. The van der Waals surface area contributed by atoms with Crippen LogP contribution < -0.4 is 0 Å². The van der Waals surface area contributed by atoms with Crippen LogP contribution in [0.2, 0.25) is 0 Å². The molecule has 0 aliphatic heterocycles. The van der Waals surface area contributed by atoms with E-state index in [0.717, 1.165) is 21.3 Å². The molecule has 1 N–H and O–H groups in total. The fourth-order valence-electron chi connectivity index (χ4n) is 1.29. The van der Waals surface area contributed by atoms with Gasteiger partial charge < -0.3 is 4.98 Å². The number of imidazole rings is 1. The normalized spacial score (nSPS) is 11.4. The Morgan fingerprint density at radius 3 is 2.77 bits per heavy atom. The lowest BCUT2D eigenvalue weighted by atomic mass is 10.2. The summed E-state index contributed by atoms with van der Waals surface area (Å²) >= 11 is 3.48. The number of nitrogens with zero attached hydrogens (tertiary/aromatic N) is 1. The quantitative estimate of drug-likeness (QED) is 0.811. The number of hydrogen-bond donors (Lipinski definition) is 1. The van der Waals surface area contributed by atoms with Crippen LogP contribution in [0.1, 0.15) is 25.6 Å². The zero-order valence-corrected chi connectivity index (χ0v) is 9.22. The highest BCUT2D eigenvalue weighted by Crippen LogP contribution is 2.23. The van der Waals surface area contributed by atoms with Crippen molar-refractivity contribution in [1.29, 1.82) is 0 Å². The average molecular weight is 239 g/mol. The first kappa shape index (κ1) is 8.75. The first-order chi connectivity index (χ1) is 6.18. The third-order valence-corrected chi connectivity index (χ3v) is 2.67. The molecule has 1 aromatic carbocycles. The lowest BCUT2D eigenvalue weighted by Crippen LogP contribution is -1.88. The lowest BCUT2D eigenvalue weighted by Gasteiger charge is -1.95. The molecule has 0 amide bonds. The molecular formula is C10H11BrN2. The molecule has 0 atom stereocenters. The molecule has 0 bridgehead atoms. The Hall–Kier alpha value is -0.830. The minimum absolute atomic E-state index is 0.444. The number of H-pyrrole nitrogens is 1. The number of para-hydroxylation sites is 1. The second-order valence-corrected chi connectivity index (χ2v) is 4.27. The molecule has 0 fully saturated rings. The van der Waals surface area contributed by atoms with Crippen molar-refractivity contribution in [2.45, 2.75) is 19.8 Å². The van der Waals surface area contributed by atoms with Gasteiger partial charge in [0.05, 0.1) is 5.52 Å². The van der Waals surface area contributed by atoms with E-state index in [0.29, 0.717) is 5.92 Å². The lowest BCUT2D eigenvalue weighted by molar-refractivity contribution is 0.799. The molecule has 0 radical (unpaired) electrons. The zero-order valence-electron chi connectivity index (χ0n) is 7.63. The van der Waals surface area contributed by atoms with Crippen LogP contribution in [0.3, 0.4) is 0 Å². The molecule has 0 unspecified atom stereocenters. The van der Waals surface area contributed by atoms with Gasteiger partial charge in [0.2, 0.25) is 0 Å². The van der Waals surface area contributed by atoms with Gasteiger partial charge in [0.25, 0.3) is 0 Å².